The number of rotatable bonds is 3. The van der Waals surface area contributed by atoms with Crippen LogP contribution in [0, 0.1) is 11.3 Å². The van der Waals surface area contributed by atoms with Gasteiger partial charge in [0.15, 0.2) is 0 Å². The molecule has 1 unspecified atom stereocenters. The van der Waals surface area contributed by atoms with Gasteiger partial charge in [-0.15, -0.1) is 0 Å². The second kappa shape index (κ2) is 6.00. The maximum Gasteiger partial charge on any atom is 0.224 e. The van der Waals surface area contributed by atoms with E-state index in [-0.39, 0.29) is 17.2 Å². The Labute approximate surface area is 128 Å². The maximum absolute atomic E-state index is 12.8. The largest absolute Gasteiger partial charge is 0.391 e. The first-order valence-electron chi connectivity index (χ1n) is 7.99. The first-order chi connectivity index (χ1) is 9.37. The van der Waals surface area contributed by atoms with Crippen molar-refractivity contribution in [3.8, 4) is 0 Å². The number of carbonyl (C=O) groups excluding carboxylic acids is 1. The van der Waals surface area contributed by atoms with Crippen LogP contribution in [-0.2, 0) is 4.79 Å². The molecule has 2 aliphatic rings. The Morgan fingerprint density at radius 3 is 2.25 bits per heavy atom. The number of carbonyl (C=O) groups is 1. The van der Waals surface area contributed by atoms with Crippen LogP contribution in [0.15, 0.2) is 0 Å². The van der Waals surface area contributed by atoms with E-state index in [1.165, 1.54) is 12.8 Å². The standard InChI is InChI=1S/C16H28N2OS/c1-15(2)9-7-4-8-12(15)13(19)18-16(14(17)20)10-5-3-6-11-16/h12H,3-11H2,1-2H3,(H2,17,20)(H,18,19). The van der Waals surface area contributed by atoms with Gasteiger partial charge in [0.25, 0.3) is 0 Å². The number of amides is 1. The van der Waals surface area contributed by atoms with Gasteiger partial charge >= 0.3 is 0 Å². The fourth-order valence-electron chi connectivity index (χ4n) is 3.89. The number of hydrogen-bond acceptors (Lipinski definition) is 2. The van der Waals surface area contributed by atoms with Gasteiger partial charge in [0.2, 0.25) is 5.91 Å². The number of nitrogens with two attached hydrogens (primary N) is 1. The first-order valence-corrected chi connectivity index (χ1v) is 8.40. The Hall–Kier alpha value is -0.640. The molecule has 2 fully saturated rings. The Balaban J connectivity index is 2.10. The van der Waals surface area contributed by atoms with Gasteiger partial charge < -0.3 is 11.1 Å². The molecule has 0 bridgehead atoms. The highest BCUT2D eigenvalue weighted by molar-refractivity contribution is 7.80. The van der Waals surface area contributed by atoms with Gasteiger partial charge in [0, 0.05) is 5.92 Å². The van der Waals surface area contributed by atoms with Crippen molar-refractivity contribution >= 4 is 23.1 Å². The summed E-state index contributed by atoms with van der Waals surface area (Å²) in [6.45, 7) is 4.43. The minimum Gasteiger partial charge on any atom is -0.391 e. The zero-order valence-electron chi connectivity index (χ0n) is 12.8. The van der Waals surface area contributed by atoms with E-state index in [4.69, 9.17) is 18.0 Å². The molecule has 3 N–H and O–H groups in total. The van der Waals surface area contributed by atoms with E-state index in [1.54, 1.807) is 0 Å². The molecule has 1 amide bonds. The van der Waals surface area contributed by atoms with Crippen molar-refractivity contribution in [2.45, 2.75) is 77.2 Å². The van der Waals surface area contributed by atoms with E-state index < -0.39 is 5.54 Å². The summed E-state index contributed by atoms with van der Waals surface area (Å²) >= 11 is 5.27. The zero-order valence-corrected chi connectivity index (χ0v) is 13.7. The van der Waals surface area contributed by atoms with Crippen molar-refractivity contribution in [3.63, 3.8) is 0 Å². The highest BCUT2D eigenvalue weighted by atomic mass is 32.1. The van der Waals surface area contributed by atoms with Gasteiger partial charge in [0.1, 0.15) is 0 Å². The predicted molar refractivity (Wildman–Crippen MR) is 86.5 cm³/mol. The van der Waals surface area contributed by atoms with Gasteiger partial charge in [-0.25, -0.2) is 0 Å². The van der Waals surface area contributed by atoms with Gasteiger partial charge in [0.05, 0.1) is 10.5 Å². The average molecular weight is 296 g/mol. The third kappa shape index (κ3) is 3.16. The molecule has 1 atom stereocenters. The molecule has 0 radical (unpaired) electrons. The number of thiocarbonyl (C=S) groups is 1. The quantitative estimate of drug-likeness (QED) is 0.786. The SMILES string of the molecule is CC1(C)CCCCC1C(=O)NC1(C(N)=S)CCCCC1. The van der Waals surface area contributed by atoms with Crippen LogP contribution in [0.3, 0.4) is 0 Å². The summed E-state index contributed by atoms with van der Waals surface area (Å²) in [4.78, 5) is 13.2. The average Bonchev–Trinajstić information content (AvgIpc) is 2.38. The molecule has 114 valence electrons. The van der Waals surface area contributed by atoms with Crippen LogP contribution in [0.1, 0.15) is 71.6 Å². The fourth-order valence-corrected chi connectivity index (χ4v) is 4.15. The summed E-state index contributed by atoms with van der Waals surface area (Å²) in [5.74, 6) is 0.272. The first kappa shape index (κ1) is 15.7. The highest BCUT2D eigenvalue weighted by Crippen LogP contribution is 2.41. The van der Waals surface area contributed by atoms with Crippen LogP contribution in [0.5, 0.6) is 0 Å². The summed E-state index contributed by atoms with van der Waals surface area (Å²) in [7, 11) is 0. The lowest BCUT2D eigenvalue weighted by atomic mass is 9.68. The van der Waals surface area contributed by atoms with E-state index in [1.807, 2.05) is 0 Å². The topological polar surface area (TPSA) is 55.1 Å². The van der Waals surface area contributed by atoms with Gasteiger partial charge in [-0.3, -0.25) is 4.79 Å². The van der Waals surface area contributed by atoms with E-state index in [9.17, 15) is 4.79 Å². The zero-order chi connectivity index (χ0) is 14.8. The van der Waals surface area contributed by atoms with Crippen molar-refractivity contribution in [1.82, 2.24) is 5.32 Å². The summed E-state index contributed by atoms with van der Waals surface area (Å²) < 4.78 is 0. The van der Waals surface area contributed by atoms with E-state index in [0.717, 1.165) is 44.9 Å². The number of nitrogens with one attached hydrogen (secondary N) is 1. The number of hydrogen-bond donors (Lipinski definition) is 2. The normalized spacial score (nSPS) is 28.6. The second-order valence-electron chi connectivity index (χ2n) is 7.28. The fraction of sp³-hybridized carbons (Fsp3) is 0.875. The highest BCUT2D eigenvalue weighted by Gasteiger charge is 2.42. The Bertz CT molecular complexity index is 386. The summed E-state index contributed by atoms with van der Waals surface area (Å²) in [6.07, 6.45) is 9.74. The molecule has 0 heterocycles. The maximum atomic E-state index is 12.8. The molecular formula is C16H28N2OS. The lowest BCUT2D eigenvalue weighted by Gasteiger charge is -2.42. The van der Waals surface area contributed by atoms with Crippen LogP contribution in [-0.4, -0.2) is 16.4 Å². The molecule has 0 spiro atoms. The molecule has 4 heteroatoms. The smallest absolute Gasteiger partial charge is 0.224 e. The van der Waals surface area contributed by atoms with Gasteiger partial charge in [-0.2, -0.15) is 0 Å². The Kier molecular flexibility index (Phi) is 4.73. The van der Waals surface area contributed by atoms with Gasteiger partial charge in [-0.1, -0.05) is 58.2 Å². The van der Waals surface area contributed by atoms with Crippen molar-refractivity contribution < 1.29 is 4.79 Å². The molecule has 2 aliphatic carbocycles. The van der Waals surface area contributed by atoms with Crippen molar-refractivity contribution in [1.29, 1.82) is 0 Å². The van der Waals surface area contributed by atoms with Crippen molar-refractivity contribution in [3.05, 3.63) is 0 Å². The van der Waals surface area contributed by atoms with Crippen molar-refractivity contribution in [2.24, 2.45) is 17.1 Å². The van der Waals surface area contributed by atoms with Gasteiger partial charge in [-0.05, 0) is 31.1 Å². The summed E-state index contributed by atoms with van der Waals surface area (Å²) in [5, 5.41) is 3.25. The molecular weight excluding hydrogens is 268 g/mol. The molecule has 2 rings (SSSR count). The second-order valence-corrected chi connectivity index (χ2v) is 7.72. The van der Waals surface area contributed by atoms with Crippen LogP contribution in [0.4, 0.5) is 0 Å². The van der Waals surface area contributed by atoms with Crippen LogP contribution < -0.4 is 11.1 Å². The lowest BCUT2D eigenvalue weighted by molar-refractivity contribution is -0.131. The Morgan fingerprint density at radius 1 is 1.10 bits per heavy atom. The molecule has 3 nitrogen and oxygen atoms in total. The van der Waals surface area contributed by atoms with Crippen LogP contribution >= 0.6 is 12.2 Å². The van der Waals surface area contributed by atoms with E-state index in [2.05, 4.69) is 19.2 Å². The lowest BCUT2D eigenvalue weighted by Crippen LogP contribution is -2.60. The Morgan fingerprint density at radius 2 is 1.70 bits per heavy atom. The predicted octanol–water partition coefficient (Wildman–Crippen LogP) is 3.31. The monoisotopic (exact) mass is 296 g/mol. The molecule has 0 saturated heterocycles. The minimum atomic E-state index is -0.418. The molecule has 20 heavy (non-hydrogen) atoms. The van der Waals surface area contributed by atoms with E-state index in [0.29, 0.717) is 4.99 Å². The molecule has 0 aromatic heterocycles. The molecule has 0 aromatic carbocycles. The molecule has 0 aliphatic heterocycles. The van der Waals surface area contributed by atoms with E-state index >= 15 is 0 Å². The third-order valence-electron chi connectivity index (χ3n) is 5.36. The third-order valence-corrected chi connectivity index (χ3v) is 5.76. The minimum absolute atomic E-state index is 0.0917. The summed E-state index contributed by atoms with van der Waals surface area (Å²) in [6, 6.07) is 0. The van der Waals surface area contributed by atoms with Crippen molar-refractivity contribution in [2.75, 3.05) is 0 Å². The molecule has 0 aromatic rings. The van der Waals surface area contributed by atoms with Crippen LogP contribution in [0.2, 0.25) is 0 Å². The molecule has 2 saturated carbocycles. The van der Waals surface area contributed by atoms with Crippen LogP contribution in [0.25, 0.3) is 0 Å². The summed E-state index contributed by atoms with van der Waals surface area (Å²) in [5.41, 5.74) is 5.64.